The van der Waals surface area contributed by atoms with E-state index in [1.54, 1.807) is 12.3 Å². The molecule has 152 valence electrons. The van der Waals surface area contributed by atoms with Crippen molar-refractivity contribution in [2.75, 3.05) is 15.8 Å². The largest absolute Gasteiger partial charge is 0.346 e. The summed E-state index contributed by atoms with van der Waals surface area (Å²) in [6.45, 7) is 1.39. The molecule has 0 aliphatic heterocycles. The van der Waals surface area contributed by atoms with E-state index in [-0.39, 0.29) is 29.0 Å². The summed E-state index contributed by atoms with van der Waals surface area (Å²) in [5.41, 5.74) is 0.193. The second kappa shape index (κ2) is 7.11. The van der Waals surface area contributed by atoms with Gasteiger partial charge < -0.3 is 10.3 Å². The summed E-state index contributed by atoms with van der Waals surface area (Å²) in [6.07, 6.45) is 3.24. The summed E-state index contributed by atoms with van der Waals surface area (Å²) < 4.78 is 54.8. The Morgan fingerprint density at radius 2 is 1.97 bits per heavy atom. The van der Waals surface area contributed by atoms with Gasteiger partial charge in [0, 0.05) is 29.1 Å². The highest BCUT2D eigenvalue weighted by Crippen LogP contribution is 2.35. The van der Waals surface area contributed by atoms with Crippen molar-refractivity contribution in [3.63, 3.8) is 0 Å². The molecule has 1 saturated carbocycles. The van der Waals surface area contributed by atoms with Crippen LogP contribution in [0.5, 0.6) is 0 Å². The molecule has 1 aromatic carbocycles. The highest BCUT2D eigenvalue weighted by atomic mass is 32.2. The molecular formula is C19H18F2N4O3S. The molecule has 1 fully saturated rings. The fourth-order valence-electron chi connectivity index (χ4n) is 2.97. The van der Waals surface area contributed by atoms with Crippen LogP contribution in [0, 0.1) is 17.6 Å². The van der Waals surface area contributed by atoms with Crippen LogP contribution in [0.25, 0.3) is 22.2 Å². The number of nitrogens with zero attached hydrogens (tertiary/aromatic N) is 1. The fraction of sp³-hybridized carbons (Fsp3) is 0.263. The van der Waals surface area contributed by atoms with Crippen molar-refractivity contribution in [3.05, 3.63) is 42.1 Å². The number of anilines is 2. The quantitative estimate of drug-likeness (QED) is 0.567. The molecule has 0 atom stereocenters. The van der Waals surface area contributed by atoms with Crippen molar-refractivity contribution in [1.82, 2.24) is 9.97 Å². The molecular weight excluding hydrogens is 402 g/mol. The van der Waals surface area contributed by atoms with E-state index in [1.807, 2.05) is 4.72 Å². The van der Waals surface area contributed by atoms with E-state index in [9.17, 15) is 22.0 Å². The number of pyridine rings is 1. The van der Waals surface area contributed by atoms with Crippen LogP contribution in [-0.4, -0.2) is 30.0 Å². The van der Waals surface area contributed by atoms with Crippen LogP contribution < -0.4 is 10.0 Å². The molecule has 1 aliphatic rings. The van der Waals surface area contributed by atoms with Gasteiger partial charge in [-0.3, -0.25) is 9.52 Å². The zero-order chi connectivity index (χ0) is 20.8. The molecule has 0 unspecified atom stereocenters. The number of halogens is 2. The van der Waals surface area contributed by atoms with Gasteiger partial charge in [-0.15, -0.1) is 0 Å². The number of nitrogens with one attached hydrogen (secondary N) is 3. The van der Waals surface area contributed by atoms with Crippen molar-refractivity contribution in [2.24, 2.45) is 5.92 Å². The van der Waals surface area contributed by atoms with Crippen LogP contribution in [0.4, 0.5) is 20.3 Å². The van der Waals surface area contributed by atoms with Gasteiger partial charge in [0.15, 0.2) is 0 Å². The number of sulfonamides is 1. The Hall–Kier alpha value is -3.01. The standard InChI is InChI=1S/C19H18F2N4O3S/c1-2-29(27,28)25-16-9-14(20)13(7-15(16)21)12-8-17(24-19(26)10-3-4-10)23-18-11(12)5-6-22-18/h5-10,25H,2-4H2,1H3,(H2,22,23,24,26). The van der Waals surface area contributed by atoms with Crippen LogP contribution in [0.1, 0.15) is 19.8 Å². The number of benzene rings is 1. The summed E-state index contributed by atoms with van der Waals surface area (Å²) in [4.78, 5) is 19.3. The van der Waals surface area contributed by atoms with Crippen LogP contribution >= 0.6 is 0 Å². The fourth-order valence-corrected chi connectivity index (χ4v) is 3.61. The van der Waals surface area contributed by atoms with Gasteiger partial charge in [-0.2, -0.15) is 0 Å². The van der Waals surface area contributed by atoms with E-state index in [0.29, 0.717) is 16.6 Å². The Bertz CT molecular complexity index is 1220. The molecule has 3 N–H and O–H groups in total. The molecule has 7 nitrogen and oxygen atoms in total. The van der Waals surface area contributed by atoms with E-state index in [2.05, 4.69) is 15.3 Å². The highest BCUT2D eigenvalue weighted by molar-refractivity contribution is 7.92. The summed E-state index contributed by atoms with van der Waals surface area (Å²) in [5.74, 6) is -1.97. The Balaban J connectivity index is 1.78. The minimum atomic E-state index is -3.76. The van der Waals surface area contributed by atoms with E-state index in [4.69, 9.17) is 0 Å². The van der Waals surface area contributed by atoms with Gasteiger partial charge in [0.05, 0.1) is 11.4 Å². The molecule has 29 heavy (non-hydrogen) atoms. The molecule has 4 rings (SSSR count). The van der Waals surface area contributed by atoms with Crippen molar-refractivity contribution in [1.29, 1.82) is 0 Å². The minimum Gasteiger partial charge on any atom is -0.346 e. The smallest absolute Gasteiger partial charge is 0.232 e. The lowest BCUT2D eigenvalue weighted by atomic mass is 10.0. The first-order valence-corrected chi connectivity index (χ1v) is 10.7. The first-order chi connectivity index (χ1) is 13.8. The van der Waals surface area contributed by atoms with Crippen LogP contribution in [0.2, 0.25) is 0 Å². The number of aromatic nitrogens is 2. The van der Waals surface area contributed by atoms with Crippen LogP contribution in [-0.2, 0) is 14.8 Å². The molecule has 1 amide bonds. The Kier molecular flexibility index (Phi) is 4.73. The van der Waals surface area contributed by atoms with Crippen molar-refractivity contribution in [3.8, 4) is 11.1 Å². The SMILES string of the molecule is CCS(=O)(=O)Nc1cc(F)c(-c2cc(NC(=O)C3CC3)nc3[nH]ccc23)cc1F. The summed E-state index contributed by atoms with van der Waals surface area (Å²) in [6, 6.07) is 4.87. The third kappa shape index (κ3) is 3.93. The third-order valence-corrected chi connectivity index (χ3v) is 6.01. The second-order valence-corrected chi connectivity index (χ2v) is 8.89. The Morgan fingerprint density at radius 3 is 2.66 bits per heavy atom. The summed E-state index contributed by atoms with van der Waals surface area (Å²) in [5, 5.41) is 3.24. The number of amides is 1. The van der Waals surface area contributed by atoms with Gasteiger partial charge >= 0.3 is 0 Å². The van der Waals surface area contributed by atoms with Gasteiger partial charge in [-0.1, -0.05) is 0 Å². The second-order valence-electron chi connectivity index (χ2n) is 6.88. The molecule has 0 spiro atoms. The maximum absolute atomic E-state index is 14.8. The number of hydrogen-bond donors (Lipinski definition) is 3. The van der Waals surface area contributed by atoms with Gasteiger partial charge in [0.25, 0.3) is 0 Å². The first kappa shape index (κ1) is 19.3. The lowest BCUT2D eigenvalue weighted by Gasteiger charge is -2.12. The van der Waals surface area contributed by atoms with Crippen molar-refractivity contribution < 1.29 is 22.0 Å². The predicted octanol–water partition coefficient (Wildman–Crippen LogP) is 3.62. The number of carbonyl (C=O) groups is 1. The van der Waals surface area contributed by atoms with Gasteiger partial charge in [0.2, 0.25) is 15.9 Å². The Morgan fingerprint density at radius 1 is 1.21 bits per heavy atom. The molecule has 0 saturated heterocycles. The lowest BCUT2D eigenvalue weighted by Crippen LogP contribution is -2.16. The number of H-pyrrole nitrogens is 1. The molecule has 0 radical (unpaired) electrons. The highest BCUT2D eigenvalue weighted by Gasteiger charge is 2.30. The zero-order valence-corrected chi connectivity index (χ0v) is 16.2. The Labute approximate surface area is 165 Å². The van der Waals surface area contributed by atoms with E-state index in [0.717, 1.165) is 25.0 Å². The maximum Gasteiger partial charge on any atom is 0.232 e. The van der Waals surface area contributed by atoms with Crippen LogP contribution in [0.15, 0.2) is 30.5 Å². The average Bonchev–Trinajstić information content (AvgIpc) is 3.42. The van der Waals surface area contributed by atoms with Gasteiger partial charge in [0.1, 0.15) is 23.1 Å². The topological polar surface area (TPSA) is 104 Å². The predicted molar refractivity (Wildman–Crippen MR) is 106 cm³/mol. The van der Waals surface area contributed by atoms with Crippen LogP contribution in [0.3, 0.4) is 0 Å². The van der Waals surface area contributed by atoms with Gasteiger partial charge in [-0.05, 0) is 43.5 Å². The van der Waals surface area contributed by atoms with Crippen molar-refractivity contribution >= 4 is 38.5 Å². The molecule has 2 aromatic heterocycles. The molecule has 0 bridgehead atoms. The summed E-state index contributed by atoms with van der Waals surface area (Å²) >= 11 is 0. The monoisotopic (exact) mass is 420 g/mol. The number of fused-ring (bicyclic) bond motifs is 1. The number of carbonyl (C=O) groups excluding carboxylic acids is 1. The molecule has 2 heterocycles. The number of rotatable bonds is 6. The maximum atomic E-state index is 14.8. The van der Waals surface area contributed by atoms with Gasteiger partial charge in [-0.25, -0.2) is 22.2 Å². The number of hydrogen-bond acceptors (Lipinski definition) is 4. The molecule has 3 aromatic rings. The average molecular weight is 420 g/mol. The van der Waals surface area contributed by atoms with E-state index >= 15 is 0 Å². The zero-order valence-electron chi connectivity index (χ0n) is 15.4. The summed E-state index contributed by atoms with van der Waals surface area (Å²) in [7, 11) is -3.76. The lowest BCUT2D eigenvalue weighted by molar-refractivity contribution is -0.117. The normalized spacial score (nSPS) is 14.2. The van der Waals surface area contributed by atoms with E-state index < -0.39 is 27.3 Å². The molecule has 10 heteroatoms. The first-order valence-electron chi connectivity index (χ1n) is 9.06. The van der Waals surface area contributed by atoms with E-state index in [1.165, 1.54) is 13.0 Å². The number of aromatic amines is 1. The van der Waals surface area contributed by atoms with Crippen molar-refractivity contribution in [2.45, 2.75) is 19.8 Å². The third-order valence-electron chi connectivity index (χ3n) is 4.72. The minimum absolute atomic E-state index is 0.0420. The molecule has 1 aliphatic carbocycles.